The summed E-state index contributed by atoms with van der Waals surface area (Å²) in [4.78, 5) is 23.6. The maximum atomic E-state index is 12.6. The molecular formula is C29H32N4O4. The molecule has 8 nitrogen and oxygen atoms in total. The number of nitrogens with zero attached hydrogens (tertiary/aromatic N) is 3. The Kier molecular flexibility index (Phi) is 8.89. The zero-order valence-corrected chi connectivity index (χ0v) is 21.4. The van der Waals surface area contributed by atoms with Crippen LogP contribution >= 0.6 is 0 Å². The topological polar surface area (TPSA) is 89.7 Å². The summed E-state index contributed by atoms with van der Waals surface area (Å²) in [5.74, 6) is 1.71. The van der Waals surface area contributed by atoms with E-state index < -0.39 is 0 Å². The minimum absolute atomic E-state index is 0.0413. The number of nitrogens with one attached hydrogen (secondary N) is 1. The second kappa shape index (κ2) is 12.7. The Hall–Kier alpha value is -4.17. The molecule has 0 spiro atoms. The molecule has 0 aliphatic carbocycles. The number of benzene rings is 2. The third-order valence-electron chi connectivity index (χ3n) is 6.21. The molecule has 1 atom stereocenters. The Morgan fingerprint density at radius 2 is 1.84 bits per heavy atom. The van der Waals surface area contributed by atoms with E-state index in [4.69, 9.17) is 13.9 Å². The summed E-state index contributed by atoms with van der Waals surface area (Å²) in [5, 5.41) is 2.88. The predicted molar refractivity (Wildman–Crippen MR) is 140 cm³/mol. The van der Waals surface area contributed by atoms with Gasteiger partial charge < -0.3 is 19.2 Å². The highest BCUT2D eigenvalue weighted by molar-refractivity contribution is 5.91. The number of methoxy groups -OCH3 is 2. The summed E-state index contributed by atoms with van der Waals surface area (Å²) in [6.07, 6.45) is 3.79. The lowest BCUT2D eigenvalue weighted by molar-refractivity contribution is 0.0949. The van der Waals surface area contributed by atoms with Crippen molar-refractivity contribution >= 4 is 5.91 Å². The number of oxazole rings is 1. The molecule has 0 saturated heterocycles. The molecule has 0 fully saturated rings. The van der Waals surface area contributed by atoms with Crippen molar-refractivity contribution in [3.05, 3.63) is 108 Å². The molecule has 4 rings (SSSR count). The van der Waals surface area contributed by atoms with Crippen LogP contribution in [0.2, 0.25) is 0 Å². The number of rotatable bonds is 12. The van der Waals surface area contributed by atoms with Crippen LogP contribution in [-0.2, 0) is 19.5 Å². The van der Waals surface area contributed by atoms with Gasteiger partial charge in [-0.05, 0) is 42.8 Å². The molecular weight excluding hydrogens is 468 g/mol. The molecule has 0 saturated carbocycles. The molecule has 192 valence electrons. The first-order valence-electron chi connectivity index (χ1n) is 12.2. The van der Waals surface area contributed by atoms with Gasteiger partial charge in [0.25, 0.3) is 5.91 Å². The van der Waals surface area contributed by atoms with Crippen LogP contribution in [0.5, 0.6) is 11.5 Å². The Balaban J connectivity index is 1.48. The monoisotopic (exact) mass is 500 g/mol. The maximum Gasteiger partial charge on any atom is 0.273 e. The smallest absolute Gasteiger partial charge is 0.273 e. The highest BCUT2D eigenvalue weighted by Crippen LogP contribution is 2.30. The van der Waals surface area contributed by atoms with Crippen LogP contribution in [0, 0.1) is 0 Å². The Morgan fingerprint density at radius 1 is 1.03 bits per heavy atom. The first-order valence-corrected chi connectivity index (χ1v) is 12.2. The van der Waals surface area contributed by atoms with Crippen LogP contribution in [0.3, 0.4) is 0 Å². The second-order valence-corrected chi connectivity index (χ2v) is 8.62. The molecule has 2 aromatic carbocycles. The Morgan fingerprint density at radius 3 is 2.57 bits per heavy atom. The van der Waals surface area contributed by atoms with E-state index in [1.807, 2.05) is 54.6 Å². The van der Waals surface area contributed by atoms with Gasteiger partial charge in [0.1, 0.15) is 17.8 Å². The average Bonchev–Trinajstić information content (AvgIpc) is 3.42. The van der Waals surface area contributed by atoms with Crippen molar-refractivity contribution in [2.75, 3.05) is 20.8 Å². The van der Waals surface area contributed by atoms with E-state index in [0.717, 1.165) is 28.3 Å². The van der Waals surface area contributed by atoms with Crippen LogP contribution in [0.4, 0.5) is 0 Å². The van der Waals surface area contributed by atoms with Gasteiger partial charge in [0.15, 0.2) is 5.69 Å². The Bertz CT molecular complexity index is 1280. The molecule has 1 amide bonds. The van der Waals surface area contributed by atoms with E-state index in [0.29, 0.717) is 31.9 Å². The third kappa shape index (κ3) is 6.95. The van der Waals surface area contributed by atoms with Crippen molar-refractivity contribution in [1.29, 1.82) is 0 Å². The van der Waals surface area contributed by atoms with Crippen molar-refractivity contribution < 1.29 is 18.7 Å². The van der Waals surface area contributed by atoms with Gasteiger partial charge in [-0.15, -0.1) is 0 Å². The van der Waals surface area contributed by atoms with E-state index in [1.165, 1.54) is 6.26 Å². The zero-order chi connectivity index (χ0) is 26.0. The Labute approximate surface area is 217 Å². The number of carbonyl (C=O) groups excluding carboxylic acids is 1. The number of amides is 1. The van der Waals surface area contributed by atoms with Crippen molar-refractivity contribution in [2.45, 2.75) is 32.5 Å². The largest absolute Gasteiger partial charge is 0.497 e. The van der Waals surface area contributed by atoms with Gasteiger partial charge in [-0.3, -0.25) is 14.7 Å². The number of aromatic nitrogens is 2. The fraction of sp³-hybridized carbons (Fsp3) is 0.276. The molecule has 1 unspecified atom stereocenters. The van der Waals surface area contributed by atoms with Gasteiger partial charge in [-0.1, -0.05) is 36.4 Å². The number of ether oxygens (including phenoxy) is 2. The molecule has 8 heteroatoms. The summed E-state index contributed by atoms with van der Waals surface area (Å²) in [5.41, 5.74) is 3.30. The van der Waals surface area contributed by atoms with Crippen LogP contribution in [0.15, 0.2) is 83.6 Å². The van der Waals surface area contributed by atoms with Gasteiger partial charge >= 0.3 is 0 Å². The van der Waals surface area contributed by atoms with Crippen LogP contribution in [-0.4, -0.2) is 41.5 Å². The summed E-state index contributed by atoms with van der Waals surface area (Å²) in [6, 6.07) is 21.7. The van der Waals surface area contributed by atoms with Gasteiger partial charge in [-0.2, -0.15) is 0 Å². The number of hydrogen-bond donors (Lipinski definition) is 1. The van der Waals surface area contributed by atoms with Crippen LogP contribution in [0.1, 0.15) is 46.2 Å². The fourth-order valence-corrected chi connectivity index (χ4v) is 4.10. The predicted octanol–water partition coefficient (Wildman–Crippen LogP) is 4.82. The highest BCUT2D eigenvalue weighted by atomic mass is 16.5. The van der Waals surface area contributed by atoms with Crippen LogP contribution in [0.25, 0.3) is 0 Å². The molecule has 0 aliphatic rings. The van der Waals surface area contributed by atoms with Gasteiger partial charge in [0.2, 0.25) is 5.89 Å². The molecule has 4 aromatic rings. The standard InChI is InChI=1S/C29H32N4O4/c1-21(22-9-5-4-6-10-22)33(18-23-17-25(35-2)12-13-27(23)36-3)19-28-32-26(20-37-28)29(34)31-16-14-24-11-7-8-15-30-24/h4-13,15,17,20-21H,14,16,18-19H2,1-3H3,(H,31,34). The van der Waals surface area contributed by atoms with Gasteiger partial charge in [-0.25, -0.2) is 4.98 Å². The quantitative estimate of drug-likeness (QED) is 0.298. The molecule has 0 radical (unpaired) electrons. The van der Waals surface area contributed by atoms with Crippen molar-refractivity contribution in [1.82, 2.24) is 20.2 Å². The van der Waals surface area contributed by atoms with E-state index in [9.17, 15) is 4.79 Å². The summed E-state index contributed by atoms with van der Waals surface area (Å²) in [6.45, 7) is 3.56. The summed E-state index contributed by atoms with van der Waals surface area (Å²) in [7, 11) is 3.30. The lowest BCUT2D eigenvalue weighted by Gasteiger charge is -2.29. The van der Waals surface area contributed by atoms with E-state index >= 15 is 0 Å². The number of pyridine rings is 1. The highest BCUT2D eigenvalue weighted by Gasteiger charge is 2.22. The van der Waals surface area contributed by atoms with Gasteiger partial charge in [0.05, 0.1) is 20.8 Å². The van der Waals surface area contributed by atoms with Crippen molar-refractivity contribution in [3.63, 3.8) is 0 Å². The first-order chi connectivity index (χ1) is 18.1. The average molecular weight is 501 g/mol. The first kappa shape index (κ1) is 25.9. The molecule has 0 aliphatic heterocycles. The maximum absolute atomic E-state index is 12.6. The molecule has 0 bridgehead atoms. The molecule has 37 heavy (non-hydrogen) atoms. The van der Waals surface area contributed by atoms with E-state index in [2.05, 4.69) is 39.2 Å². The summed E-state index contributed by atoms with van der Waals surface area (Å²) < 4.78 is 16.8. The van der Waals surface area contributed by atoms with Crippen molar-refractivity contribution in [3.8, 4) is 11.5 Å². The third-order valence-corrected chi connectivity index (χ3v) is 6.21. The zero-order valence-electron chi connectivity index (χ0n) is 21.4. The summed E-state index contributed by atoms with van der Waals surface area (Å²) >= 11 is 0. The number of hydrogen-bond acceptors (Lipinski definition) is 7. The van der Waals surface area contributed by atoms with E-state index in [1.54, 1.807) is 20.4 Å². The molecule has 2 heterocycles. The molecule has 2 aromatic heterocycles. The van der Waals surface area contributed by atoms with Crippen molar-refractivity contribution in [2.24, 2.45) is 0 Å². The molecule has 1 N–H and O–H groups in total. The minimum atomic E-state index is -0.275. The van der Waals surface area contributed by atoms with E-state index in [-0.39, 0.29) is 17.6 Å². The number of carbonyl (C=O) groups is 1. The van der Waals surface area contributed by atoms with Gasteiger partial charge in [0, 0.05) is 43.0 Å². The second-order valence-electron chi connectivity index (χ2n) is 8.62. The minimum Gasteiger partial charge on any atom is -0.497 e. The SMILES string of the molecule is COc1ccc(OC)c(CN(Cc2nc(C(=O)NCCc3ccccn3)co2)C(C)c2ccccc2)c1. The lowest BCUT2D eigenvalue weighted by Crippen LogP contribution is -2.27. The normalized spacial score (nSPS) is 11.8. The lowest BCUT2D eigenvalue weighted by atomic mass is 10.1. The van der Waals surface area contributed by atoms with Crippen LogP contribution < -0.4 is 14.8 Å². The fourth-order valence-electron chi connectivity index (χ4n) is 4.10.